The lowest BCUT2D eigenvalue weighted by Gasteiger charge is -2.22. The van der Waals surface area contributed by atoms with Gasteiger partial charge in [-0.15, -0.1) is 0 Å². The summed E-state index contributed by atoms with van der Waals surface area (Å²) in [5.74, 6) is 0. The minimum atomic E-state index is -0.391. The van der Waals surface area contributed by atoms with Crippen LogP contribution in [-0.2, 0) is 0 Å². The first kappa shape index (κ1) is 16.5. The smallest absolute Gasteiger partial charge is 0.256 e. The van der Waals surface area contributed by atoms with Crippen LogP contribution in [0.5, 0.6) is 0 Å². The third-order valence-electron chi connectivity index (χ3n) is 4.28. The van der Waals surface area contributed by atoms with Crippen LogP contribution in [0.3, 0.4) is 0 Å². The Labute approximate surface area is 132 Å². The predicted octanol–water partition coefficient (Wildman–Crippen LogP) is 3.71. The summed E-state index contributed by atoms with van der Waals surface area (Å²) in [4.78, 5) is 12.9. The Morgan fingerprint density at radius 1 is 1.00 bits per heavy atom. The maximum atomic E-state index is 12.9. The zero-order chi connectivity index (χ0) is 16.6. The molecule has 3 heteroatoms. The zero-order valence-corrected chi connectivity index (χ0v) is 14.4. The highest BCUT2D eigenvalue weighted by molar-refractivity contribution is 5.41. The third kappa shape index (κ3) is 2.86. The Kier molecular flexibility index (Phi) is 4.57. The third-order valence-corrected chi connectivity index (χ3v) is 4.28. The van der Waals surface area contributed by atoms with E-state index in [9.17, 15) is 4.79 Å². The molecule has 0 radical (unpaired) electrons. The van der Waals surface area contributed by atoms with Crippen LogP contribution < -0.4 is 11.3 Å². The number of aryl methyl sites for hydroxylation is 4. The van der Waals surface area contributed by atoms with Crippen molar-refractivity contribution in [2.75, 3.05) is 0 Å². The van der Waals surface area contributed by atoms with Crippen LogP contribution >= 0.6 is 0 Å². The van der Waals surface area contributed by atoms with E-state index in [2.05, 4.69) is 24.3 Å². The minimum absolute atomic E-state index is 0.0286. The second-order valence-corrected chi connectivity index (χ2v) is 6.49. The van der Waals surface area contributed by atoms with Crippen LogP contribution in [0.25, 0.3) is 0 Å². The molecule has 1 unspecified atom stereocenters. The number of nitrogens with two attached hydrogens (primary N) is 1. The van der Waals surface area contributed by atoms with Crippen LogP contribution in [0.15, 0.2) is 29.1 Å². The highest BCUT2D eigenvalue weighted by atomic mass is 16.1. The molecule has 0 aliphatic heterocycles. The van der Waals surface area contributed by atoms with Gasteiger partial charge in [-0.3, -0.25) is 4.79 Å². The van der Waals surface area contributed by atoms with E-state index in [1.54, 1.807) is 0 Å². The number of pyridine rings is 1. The maximum absolute atomic E-state index is 12.9. The molecule has 1 atom stereocenters. The van der Waals surface area contributed by atoms with Crippen molar-refractivity contribution in [3.63, 3.8) is 0 Å². The molecule has 0 amide bonds. The van der Waals surface area contributed by atoms with E-state index < -0.39 is 6.04 Å². The van der Waals surface area contributed by atoms with Gasteiger partial charge in [-0.05, 0) is 64.3 Å². The SMILES string of the molecule is Cc1ccc(C)c(C(N)c2c(C)cc(C)n(C(C)C)c2=O)c1. The molecule has 2 N–H and O–H groups in total. The summed E-state index contributed by atoms with van der Waals surface area (Å²) < 4.78 is 1.83. The van der Waals surface area contributed by atoms with Gasteiger partial charge in [0.25, 0.3) is 5.56 Å². The van der Waals surface area contributed by atoms with Crippen molar-refractivity contribution < 1.29 is 0 Å². The van der Waals surface area contributed by atoms with Gasteiger partial charge in [0, 0.05) is 17.3 Å². The molecular formula is C19H26N2O. The van der Waals surface area contributed by atoms with Crippen molar-refractivity contribution >= 4 is 0 Å². The van der Waals surface area contributed by atoms with E-state index in [1.165, 1.54) is 0 Å². The Balaban J connectivity index is 2.69. The van der Waals surface area contributed by atoms with E-state index in [0.29, 0.717) is 5.56 Å². The van der Waals surface area contributed by atoms with Gasteiger partial charge in [0.1, 0.15) is 0 Å². The zero-order valence-electron chi connectivity index (χ0n) is 14.4. The molecule has 118 valence electrons. The molecule has 22 heavy (non-hydrogen) atoms. The van der Waals surface area contributed by atoms with E-state index in [-0.39, 0.29) is 11.6 Å². The number of rotatable bonds is 3. The Hall–Kier alpha value is -1.87. The van der Waals surface area contributed by atoms with Gasteiger partial charge in [-0.2, -0.15) is 0 Å². The fourth-order valence-electron chi connectivity index (χ4n) is 3.19. The topological polar surface area (TPSA) is 48.0 Å². The molecule has 2 rings (SSSR count). The van der Waals surface area contributed by atoms with E-state index in [1.807, 2.05) is 46.1 Å². The lowest BCUT2D eigenvalue weighted by atomic mass is 9.92. The van der Waals surface area contributed by atoms with Crippen LogP contribution in [0, 0.1) is 27.7 Å². The summed E-state index contributed by atoms with van der Waals surface area (Å²) in [7, 11) is 0. The normalized spacial score (nSPS) is 12.7. The van der Waals surface area contributed by atoms with Crippen LogP contribution in [0.2, 0.25) is 0 Å². The largest absolute Gasteiger partial charge is 0.320 e. The van der Waals surface area contributed by atoms with Gasteiger partial charge < -0.3 is 10.3 Å². The number of hydrogen-bond acceptors (Lipinski definition) is 2. The summed E-state index contributed by atoms with van der Waals surface area (Å²) >= 11 is 0. The second-order valence-electron chi connectivity index (χ2n) is 6.49. The predicted molar refractivity (Wildman–Crippen MR) is 92.5 cm³/mol. The number of aromatic nitrogens is 1. The summed E-state index contributed by atoms with van der Waals surface area (Å²) in [6, 6.07) is 8.01. The van der Waals surface area contributed by atoms with Crippen molar-refractivity contribution in [1.29, 1.82) is 0 Å². The molecule has 2 aromatic rings. The number of benzene rings is 1. The van der Waals surface area contributed by atoms with Crippen LogP contribution in [0.1, 0.15) is 59.4 Å². The fraction of sp³-hybridized carbons (Fsp3) is 0.421. The first-order valence-corrected chi connectivity index (χ1v) is 7.79. The molecule has 3 nitrogen and oxygen atoms in total. The Morgan fingerprint density at radius 2 is 1.64 bits per heavy atom. The van der Waals surface area contributed by atoms with E-state index >= 15 is 0 Å². The summed E-state index contributed by atoms with van der Waals surface area (Å²) in [5.41, 5.74) is 12.5. The Bertz CT molecular complexity index is 757. The molecule has 0 aliphatic rings. The van der Waals surface area contributed by atoms with Gasteiger partial charge in [0.05, 0.1) is 6.04 Å². The van der Waals surface area contributed by atoms with Crippen LogP contribution in [0.4, 0.5) is 0 Å². The van der Waals surface area contributed by atoms with Gasteiger partial charge in [0.15, 0.2) is 0 Å². The highest BCUT2D eigenvalue weighted by Crippen LogP contribution is 2.25. The van der Waals surface area contributed by atoms with Gasteiger partial charge in [-0.1, -0.05) is 23.8 Å². The average Bonchev–Trinajstić information content (AvgIpc) is 2.40. The van der Waals surface area contributed by atoms with Crippen molar-refractivity contribution in [3.8, 4) is 0 Å². The van der Waals surface area contributed by atoms with E-state index in [4.69, 9.17) is 5.73 Å². The molecule has 0 fully saturated rings. The molecule has 1 aromatic heterocycles. The van der Waals surface area contributed by atoms with Gasteiger partial charge in [-0.25, -0.2) is 0 Å². The highest BCUT2D eigenvalue weighted by Gasteiger charge is 2.20. The molecule has 0 aliphatic carbocycles. The van der Waals surface area contributed by atoms with Gasteiger partial charge in [0.2, 0.25) is 0 Å². The van der Waals surface area contributed by atoms with Crippen molar-refractivity contribution in [1.82, 2.24) is 4.57 Å². The molecule has 1 heterocycles. The molecular weight excluding hydrogens is 272 g/mol. The van der Waals surface area contributed by atoms with Crippen molar-refractivity contribution in [2.45, 2.75) is 53.6 Å². The van der Waals surface area contributed by atoms with Gasteiger partial charge >= 0.3 is 0 Å². The monoisotopic (exact) mass is 298 g/mol. The maximum Gasteiger partial charge on any atom is 0.256 e. The summed E-state index contributed by atoms with van der Waals surface area (Å²) in [6.45, 7) is 12.1. The molecule has 0 bridgehead atoms. The first-order valence-electron chi connectivity index (χ1n) is 7.79. The molecule has 0 saturated carbocycles. The number of nitrogens with zero attached hydrogens (tertiary/aromatic N) is 1. The summed E-state index contributed by atoms with van der Waals surface area (Å²) in [6.07, 6.45) is 0. The van der Waals surface area contributed by atoms with Crippen molar-refractivity contribution in [2.24, 2.45) is 5.73 Å². The second kappa shape index (κ2) is 6.09. The summed E-state index contributed by atoms with van der Waals surface area (Å²) in [5, 5.41) is 0. The molecule has 1 aromatic carbocycles. The minimum Gasteiger partial charge on any atom is -0.320 e. The van der Waals surface area contributed by atoms with Crippen LogP contribution in [-0.4, -0.2) is 4.57 Å². The molecule has 0 spiro atoms. The average molecular weight is 298 g/mol. The molecule has 0 saturated heterocycles. The van der Waals surface area contributed by atoms with E-state index in [0.717, 1.165) is 27.9 Å². The fourth-order valence-corrected chi connectivity index (χ4v) is 3.19. The Morgan fingerprint density at radius 3 is 2.23 bits per heavy atom. The van der Waals surface area contributed by atoms with Crippen molar-refractivity contribution in [3.05, 3.63) is 68.1 Å². The first-order chi connectivity index (χ1) is 10.2. The lowest BCUT2D eigenvalue weighted by molar-refractivity contribution is 0.553. The standard InChI is InChI=1S/C19H26N2O/c1-11(2)21-15(6)10-14(5)17(19(21)22)18(20)16-9-12(3)7-8-13(16)4/h7-11,18H,20H2,1-6H3. The number of hydrogen-bond donors (Lipinski definition) is 1. The lowest BCUT2D eigenvalue weighted by Crippen LogP contribution is -2.32. The quantitative estimate of drug-likeness (QED) is 0.939.